The summed E-state index contributed by atoms with van der Waals surface area (Å²) < 4.78 is 37.4. The van der Waals surface area contributed by atoms with Gasteiger partial charge in [0.1, 0.15) is 17.5 Å². The van der Waals surface area contributed by atoms with Crippen LogP contribution in [0.25, 0.3) is 0 Å². The van der Waals surface area contributed by atoms with Gasteiger partial charge in [-0.15, -0.1) is 0 Å². The molecule has 9 heteroatoms. The molecule has 1 aliphatic rings. The molecule has 0 saturated carbocycles. The fourth-order valence-electron chi connectivity index (χ4n) is 2.36. The highest BCUT2D eigenvalue weighted by atomic mass is 32.3. The zero-order chi connectivity index (χ0) is 18.0. The Bertz CT molecular complexity index is 637. The molecular weight excluding hydrogens is 324 g/mol. The molecule has 23 heavy (non-hydrogen) atoms. The van der Waals surface area contributed by atoms with Crippen molar-refractivity contribution in [3.8, 4) is 5.75 Å². The van der Waals surface area contributed by atoms with Gasteiger partial charge in [0, 0.05) is 17.3 Å². The van der Waals surface area contributed by atoms with Crippen molar-refractivity contribution in [2.75, 3.05) is 5.73 Å². The first-order valence-corrected chi connectivity index (χ1v) is 8.43. The van der Waals surface area contributed by atoms with E-state index in [1.165, 1.54) is 0 Å². The molecule has 1 aliphatic heterocycles. The number of aliphatic hydroxyl groups excluding tert-OH is 1. The standard InChI is InChI=1S/C14H22N2O2.H2O4S/c1-8(2)16-12-10-7-9(15)5-6-11(10)18-14(3,4)13(12)17;1-5(2,3)4/h5-8,12-13,16-17H,15H2,1-4H3;(H2,1,2,3,4)/t12-,13+;/m0./s1. The van der Waals surface area contributed by atoms with Crippen molar-refractivity contribution in [2.24, 2.45) is 0 Å². The summed E-state index contributed by atoms with van der Waals surface area (Å²) in [5, 5.41) is 13.8. The highest BCUT2D eigenvalue weighted by Crippen LogP contribution is 2.40. The summed E-state index contributed by atoms with van der Waals surface area (Å²) in [5.74, 6) is 0.789. The minimum atomic E-state index is -4.67. The van der Waals surface area contributed by atoms with E-state index in [0.29, 0.717) is 5.69 Å². The topological polar surface area (TPSA) is 142 Å². The molecule has 0 saturated heterocycles. The fraction of sp³-hybridized carbons (Fsp3) is 0.571. The van der Waals surface area contributed by atoms with Crippen LogP contribution in [0.15, 0.2) is 18.2 Å². The third-order valence-electron chi connectivity index (χ3n) is 3.28. The number of nitrogens with one attached hydrogen (secondary N) is 1. The van der Waals surface area contributed by atoms with Gasteiger partial charge in [0.25, 0.3) is 0 Å². The van der Waals surface area contributed by atoms with Gasteiger partial charge in [-0.3, -0.25) is 9.11 Å². The monoisotopic (exact) mass is 348 g/mol. The van der Waals surface area contributed by atoms with Crippen LogP contribution in [0, 0.1) is 0 Å². The van der Waals surface area contributed by atoms with Crippen LogP contribution in [-0.4, -0.2) is 40.4 Å². The number of benzene rings is 1. The van der Waals surface area contributed by atoms with Crippen molar-refractivity contribution in [1.82, 2.24) is 5.32 Å². The van der Waals surface area contributed by atoms with Gasteiger partial charge < -0.3 is 20.9 Å². The second kappa shape index (κ2) is 7.02. The summed E-state index contributed by atoms with van der Waals surface area (Å²) in [6.45, 7) is 7.90. The molecule has 0 spiro atoms. The van der Waals surface area contributed by atoms with E-state index in [1.807, 2.05) is 32.0 Å². The van der Waals surface area contributed by atoms with E-state index in [9.17, 15) is 5.11 Å². The van der Waals surface area contributed by atoms with Crippen molar-refractivity contribution in [1.29, 1.82) is 0 Å². The fourth-order valence-corrected chi connectivity index (χ4v) is 2.36. The summed E-state index contributed by atoms with van der Waals surface area (Å²) in [5.41, 5.74) is 6.81. The number of fused-ring (bicyclic) bond motifs is 1. The van der Waals surface area contributed by atoms with Gasteiger partial charge in [0.15, 0.2) is 0 Å². The molecule has 6 N–H and O–H groups in total. The van der Waals surface area contributed by atoms with Crippen LogP contribution in [-0.2, 0) is 10.4 Å². The van der Waals surface area contributed by atoms with Crippen LogP contribution in [0.5, 0.6) is 5.75 Å². The van der Waals surface area contributed by atoms with E-state index in [1.54, 1.807) is 0 Å². The summed E-state index contributed by atoms with van der Waals surface area (Å²) in [4.78, 5) is 0. The first-order valence-electron chi connectivity index (χ1n) is 7.03. The normalized spacial score (nSPS) is 22.6. The zero-order valence-electron chi connectivity index (χ0n) is 13.5. The Kier molecular flexibility index (Phi) is 6.00. The molecule has 1 aromatic rings. The van der Waals surface area contributed by atoms with Gasteiger partial charge in [0.2, 0.25) is 0 Å². The number of hydrogen-bond acceptors (Lipinski definition) is 6. The van der Waals surface area contributed by atoms with Crippen LogP contribution in [0.1, 0.15) is 39.3 Å². The molecule has 8 nitrogen and oxygen atoms in total. The first kappa shape index (κ1) is 19.7. The van der Waals surface area contributed by atoms with Gasteiger partial charge in [-0.1, -0.05) is 13.8 Å². The van der Waals surface area contributed by atoms with Crippen LogP contribution >= 0.6 is 0 Å². The molecule has 2 rings (SSSR count). The lowest BCUT2D eigenvalue weighted by Gasteiger charge is -2.43. The number of hydrogen-bond donors (Lipinski definition) is 5. The minimum absolute atomic E-state index is 0.160. The number of nitrogens with two attached hydrogens (primary N) is 1. The molecule has 1 heterocycles. The number of nitrogen functional groups attached to an aromatic ring is 1. The van der Waals surface area contributed by atoms with Crippen LogP contribution in [0.2, 0.25) is 0 Å². The van der Waals surface area contributed by atoms with Crippen molar-refractivity contribution in [2.45, 2.75) is 51.5 Å². The second-order valence-electron chi connectivity index (χ2n) is 6.19. The molecular formula is C14H24N2O6S. The van der Waals surface area contributed by atoms with Gasteiger partial charge in [0.05, 0.1) is 6.04 Å². The molecule has 0 bridgehead atoms. The highest BCUT2D eigenvalue weighted by molar-refractivity contribution is 7.79. The minimum Gasteiger partial charge on any atom is -0.485 e. The Morgan fingerprint density at radius 1 is 1.30 bits per heavy atom. The van der Waals surface area contributed by atoms with Crippen molar-refractivity contribution < 1.29 is 27.4 Å². The predicted molar refractivity (Wildman–Crippen MR) is 86.8 cm³/mol. The van der Waals surface area contributed by atoms with E-state index >= 15 is 0 Å². The number of ether oxygens (including phenoxy) is 1. The Morgan fingerprint density at radius 3 is 2.30 bits per heavy atom. The van der Waals surface area contributed by atoms with Crippen molar-refractivity contribution in [3.05, 3.63) is 23.8 Å². The maximum atomic E-state index is 10.5. The third kappa shape index (κ3) is 5.96. The predicted octanol–water partition coefficient (Wildman–Crippen LogP) is 1.19. The van der Waals surface area contributed by atoms with Crippen molar-refractivity contribution in [3.63, 3.8) is 0 Å². The van der Waals surface area contributed by atoms with E-state index in [0.717, 1.165) is 11.3 Å². The SMILES string of the molecule is CC(C)N[C@H]1c2cc(N)ccc2OC(C)(C)[C@@H]1O.O=S(=O)(O)O. The summed E-state index contributed by atoms with van der Waals surface area (Å²) >= 11 is 0. The van der Waals surface area contributed by atoms with Crippen molar-refractivity contribution >= 4 is 16.1 Å². The summed E-state index contributed by atoms with van der Waals surface area (Å²) in [6, 6.07) is 5.67. The Morgan fingerprint density at radius 2 is 1.83 bits per heavy atom. The Labute approximate surface area is 136 Å². The molecule has 2 atom stereocenters. The van der Waals surface area contributed by atoms with Gasteiger partial charge in [-0.2, -0.15) is 8.42 Å². The lowest BCUT2D eigenvalue weighted by atomic mass is 9.86. The average Bonchev–Trinajstić information content (AvgIpc) is 2.33. The van der Waals surface area contributed by atoms with E-state index in [-0.39, 0.29) is 12.1 Å². The van der Waals surface area contributed by atoms with Crippen LogP contribution < -0.4 is 15.8 Å². The zero-order valence-corrected chi connectivity index (χ0v) is 14.3. The average molecular weight is 348 g/mol. The van der Waals surface area contributed by atoms with E-state index < -0.39 is 22.1 Å². The highest BCUT2D eigenvalue weighted by Gasteiger charge is 2.42. The molecule has 0 amide bonds. The molecule has 0 radical (unpaired) electrons. The largest absolute Gasteiger partial charge is 0.485 e. The van der Waals surface area contributed by atoms with Crippen LogP contribution in [0.3, 0.4) is 0 Å². The smallest absolute Gasteiger partial charge is 0.394 e. The lowest BCUT2D eigenvalue weighted by molar-refractivity contribution is -0.0658. The quantitative estimate of drug-likeness (QED) is 0.396. The second-order valence-corrected chi connectivity index (χ2v) is 7.09. The molecule has 0 aliphatic carbocycles. The molecule has 0 fully saturated rings. The maximum Gasteiger partial charge on any atom is 0.394 e. The first-order chi connectivity index (χ1) is 10.3. The number of anilines is 1. The molecule has 0 unspecified atom stereocenters. The third-order valence-corrected chi connectivity index (χ3v) is 3.28. The number of aliphatic hydroxyl groups is 1. The maximum absolute atomic E-state index is 10.5. The summed E-state index contributed by atoms with van der Waals surface area (Å²) in [6.07, 6.45) is -0.616. The molecule has 0 aromatic heterocycles. The van der Waals surface area contributed by atoms with Gasteiger partial charge >= 0.3 is 10.4 Å². The lowest BCUT2D eigenvalue weighted by Crippen LogP contribution is -2.53. The van der Waals surface area contributed by atoms with Crippen LogP contribution in [0.4, 0.5) is 5.69 Å². The van der Waals surface area contributed by atoms with E-state index in [4.69, 9.17) is 28.0 Å². The molecule has 132 valence electrons. The van der Waals surface area contributed by atoms with Gasteiger partial charge in [-0.05, 0) is 32.0 Å². The van der Waals surface area contributed by atoms with Gasteiger partial charge in [-0.25, -0.2) is 0 Å². The number of rotatable bonds is 2. The Balaban J connectivity index is 0.000000463. The van der Waals surface area contributed by atoms with E-state index in [2.05, 4.69) is 19.2 Å². The molecule has 1 aromatic carbocycles. The summed E-state index contributed by atoms with van der Waals surface area (Å²) in [7, 11) is -4.67. The Hall–Kier alpha value is -1.39.